The molecule has 2 aromatic rings. The predicted octanol–water partition coefficient (Wildman–Crippen LogP) is 4.03. The number of halogens is 3. The molecular formula is C12H9Cl3N2O2S. The maximum atomic E-state index is 12.3. The Morgan fingerprint density at radius 1 is 0.950 bits per heavy atom. The topological polar surface area (TPSA) is 72.2 Å². The van der Waals surface area contributed by atoms with Crippen LogP contribution in [0.4, 0.5) is 11.4 Å². The lowest BCUT2D eigenvalue weighted by molar-refractivity contribution is 0.601. The van der Waals surface area contributed by atoms with Crippen LogP contribution in [-0.4, -0.2) is 8.42 Å². The summed E-state index contributed by atoms with van der Waals surface area (Å²) in [5.41, 5.74) is 5.94. The number of rotatable bonds is 3. The van der Waals surface area contributed by atoms with Crippen LogP contribution in [-0.2, 0) is 10.0 Å². The third-order valence-electron chi connectivity index (χ3n) is 2.44. The monoisotopic (exact) mass is 350 g/mol. The molecule has 0 radical (unpaired) electrons. The van der Waals surface area contributed by atoms with E-state index in [0.717, 1.165) is 0 Å². The Morgan fingerprint density at radius 3 is 2.15 bits per heavy atom. The van der Waals surface area contributed by atoms with E-state index in [1.165, 1.54) is 30.3 Å². The molecule has 4 nitrogen and oxygen atoms in total. The van der Waals surface area contributed by atoms with E-state index in [9.17, 15) is 8.42 Å². The summed E-state index contributed by atoms with van der Waals surface area (Å²) in [7, 11) is -3.94. The van der Waals surface area contributed by atoms with Crippen molar-refractivity contribution in [2.75, 3.05) is 10.5 Å². The highest BCUT2D eigenvalue weighted by molar-refractivity contribution is 7.92. The lowest BCUT2D eigenvalue weighted by Gasteiger charge is -2.12. The minimum atomic E-state index is -3.94. The van der Waals surface area contributed by atoms with Gasteiger partial charge in [0.1, 0.15) is 4.90 Å². The number of hydrogen-bond acceptors (Lipinski definition) is 3. The first-order valence-corrected chi connectivity index (χ1v) is 7.95. The van der Waals surface area contributed by atoms with E-state index >= 15 is 0 Å². The van der Waals surface area contributed by atoms with Crippen molar-refractivity contribution in [3.05, 3.63) is 51.5 Å². The van der Waals surface area contributed by atoms with Crippen molar-refractivity contribution in [1.29, 1.82) is 0 Å². The van der Waals surface area contributed by atoms with Crippen LogP contribution >= 0.6 is 34.8 Å². The highest BCUT2D eigenvalue weighted by atomic mass is 35.5. The zero-order valence-electron chi connectivity index (χ0n) is 9.90. The molecule has 0 unspecified atom stereocenters. The fraction of sp³-hybridized carbons (Fsp3) is 0. The quantitative estimate of drug-likeness (QED) is 0.820. The van der Waals surface area contributed by atoms with Gasteiger partial charge in [0.25, 0.3) is 10.0 Å². The highest BCUT2D eigenvalue weighted by Gasteiger charge is 2.20. The number of benzene rings is 2. The second-order valence-electron chi connectivity index (χ2n) is 3.89. The minimum Gasteiger partial charge on any atom is -0.399 e. The van der Waals surface area contributed by atoms with Crippen molar-refractivity contribution in [3.63, 3.8) is 0 Å². The number of nitrogens with two attached hydrogens (primary N) is 1. The van der Waals surface area contributed by atoms with Gasteiger partial charge < -0.3 is 5.73 Å². The molecule has 0 aromatic heterocycles. The lowest BCUT2D eigenvalue weighted by Crippen LogP contribution is -2.14. The largest absolute Gasteiger partial charge is 0.399 e. The van der Waals surface area contributed by atoms with Crippen LogP contribution in [0.5, 0.6) is 0 Å². The highest BCUT2D eigenvalue weighted by Crippen LogP contribution is 2.33. The zero-order chi connectivity index (χ0) is 14.9. The van der Waals surface area contributed by atoms with E-state index in [1.54, 1.807) is 6.07 Å². The molecule has 0 heterocycles. The first kappa shape index (κ1) is 15.3. The molecule has 0 aliphatic rings. The van der Waals surface area contributed by atoms with Crippen LogP contribution in [0.3, 0.4) is 0 Å². The average Bonchev–Trinajstić information content (AvgIpc) is 2.37. The van der Waals surface area contributed by atoms with Gasteiger partial charge in [0.2, 0.25) is 0 Å². The Hall–Kier alpha value is -1.14. The summed E-state index contributed by atoms with van der Waals surface area (Å²) < 4.78 is 26.9. The molecular weight excluding hydrogens is 343 g/mol. The van der Waals surface area contributed by atoms with Crippen molar-refractivity contribution < 1.29 is 8.42 Å². The van der Waals surface area contributed by atoms with Crippen molar-refractivity contribution in [1.82, 2.24) is 0 Å². The molecule has 0 aliphatic carbocycles. The van der Waals surface area contributed by atoms with Crippen LogP contribution in [0, 0.1) is 0 Å². The van der Waals surface area contributed by atoms with Gasteiger partial charge in [-0.25, -0.2) is 8.42 Å². The first-order valence-electron chi connectivity index (χ1n) is 5.33. The molecule has 0 saturated carbocycles. The number of para-hydroxylation sites is 1. The number of nitrogen functional groups attached to an aromatic ring is 1. The van der Waals surface area contributed by atoms with Gasteiger partial charge in [-0.2, -0.15) is 0 Å². The van der Waals surface area contributed by atoms with Gasteiger partial charge in [-0.15, -0.1) is 0 Å². The summed E-state index contributed by atoms with van der Waals surface area (Å²) in [5, 5.41) is 0.414. The molecule has 2 rings (SSSR count). The molecule has 0 spiro atoms. The summed E-state index contributed by atoms with van der Waals surface area (Å²) in [6.07, 6.45) is 0. The lowest BCUT2D eigenvalue weighted by atomic mass is 10.3. The van der Waals surface area contributed by atoms with Crippen LogP contribution in [0.25, 0.3) is 0 Å². The van der Waals surface area contributed by atoms with Gasteiger partial charge in [0.05, 0.1) is 20.8 Å². The van der Waals surface area contributed by atoms with Crippen molar-refractivity contribution in [3.8, 4) is 0 Å². The van der Waals surface area contributed by atoms with E-state index in [4.69, 9.17) is 40.5 Å². The second-order valence-corrected chi connectivity index (χ2v) is 6.76. The summed E-state index contributed by atoms with van der Waals surface area (Å²) in [6.45, 7) is 0. The summed E-state index contributed by atoms with van der Waals surface area (Å²) in [4.78, 5) is -0.143. The molecule has 0 fully saturated rings. The first-order chi connectivity index (χ1) is 9.31. The van der Waals surface area contributed by atoms with E-state index in [0.29, 0.717) is 0 Å². The normalized spacial score (nSPS) is 11.3. The van der Waals surface area contributed by atoms with Crippen LogP contribution < -0.4 is 10.5 Å². The third kappa shape index (κ3) is 3.12. The molecule has 0 aliphatic heterocycles. The van der Waals surface area contributed by atoms with Crippen molar-refractivity contribution in [2.45, 2.75) is 4.90 Å². The third-order valence-corrected chi connectivity index (χ3v) is 4.91. The van der Waals surface area contributed by atoms with Gasteiger partial charge in [0, 0.05) is 5.69 Å². The summed E-state index contributed by atoms with van der Waals surface area (Å²) >= 11 is 17.7. The fourth-order valence-corrected chi connectivity index (χ4v) is 3.75. The van der Waals surface area contributed by atoms with Crippen LogP contribution in [0.1, 0.15) is 0 Å². The number of sulfonamides is 1. The van der Waals surface area contributed by atoms with Gasteiger partial charge in [0.15, 0.2) is 0 Å². The minimum absolute atomic E-state index is 0.0508. The predicted molar refractivity (Wildman–Crippen MR) is 83.1 cm³/mol. The molecule has 0 saturated heterocycles. The SMILES string of the molecule is Nc1ccc(Cl)c(S(=O)(=O)Nc2c(Cl)cccc2Cl)c1. The zero-order valence-corrected chi connectivity index (χ0v) is 13.0. The van der Waals surface area contributed by atoms with Gasteiger partial charge in [-0.3, -0.25) is 4.72 Å². The molecule has 106 valence electrons. The van der Waals surface area contributed by atoms with Gasteiger partial charge in [-0.1, -0.05) is 40.9 Å². The molecule has 8 heteroatoms. The molecule has 3 N–H and O–H groups in total. The average molecular weight is 352 g/mol. The maximum absolute atomic E-state index is 12.3. The smallest absolute Gasteiger partial charge is 0.263 e. The van der Waals surface area contributed by atoms with Gasteiger partial charge >= 0.3 is 0 Å². The number of hydrogen-bond donors (Lipinski definition) is 2. The number of anilines is 2. The van der Waals surface area contributed by atoms with E-state index in [-0.39, 0.29) is 31.3 Å². The Balaban J connectivity index is 2.49. The van der Waals surface area contributed by atoms with Gasteiger partial charge in [-0.05, 0) is 30.3 Å². The van der Waals surface area contributed by atoms with E-state index < -0.39 is 10.0 Å². The van der Waals surface area contributed by atoms with Crippen LogP contribution in [0.2, 0.25) is 15.1 Å². The summed E-state index contributed by atoms with van der Waals surface area (Å²) in [6, 6.07) is 8.81. The Bertz CT molecular complexity index is 743. The van der Waals surface area contributed by atoms with Crippen LogP contribution in [0.15, 0.2) is 41.3 Å². The van der Waals surface area contributed by atoms with Crippen molar-refractivity contribution >= 4 is 56.2 Å². The fourth-order valence-electron chi connectivity index (χ4n) is 1.51. The molecule has 0 amide bonds. The second kappa shape index (κ2) is 5.69. The Morgan fingerprint density at radius 2 is 1.55 bits per heavy atom. The molecule has 0 atom stereocenters. The maximum Gasteiger partial charge on any atom is 0.263 e. The standard InChI is InChI=1S/C12H9Cl3N2O2S/c13-8-5-4-7(16)6-11(8)20(18,19)17-12-9(14)2-1-3-10(12)15/h1-6,17H,16H2. The molecule has 0 bridgehead atoms. The molecule has 2 aromatic carbocycles. The summed E-state index contributed by atoms with van der Waals surface area (Å²) in [5.74, 6) is 0. The van der Waals surface area contributed by atoms with E-state index in [1.807, 2.05) is 0 Å². The molecule has 20 heavy (non-hydrogen) atoms. The number of nitrogens with one attached hydrogen (secondary N) is 1. The Kier molecular flexibility index (Phi) is 4.34. The Labute approximate surface area is 131 Å². The van der Waals surface area contributed by atoms with E-state index in [2.05, 4.69) is 4.72 Å². The van der Waals surface area contributed by atoms with Crippen molar-refractivity contribution in [2.24, 2.45) is 0 Å².